The Balaban J connectivity index is 1.85. The maximum atomic E-state index is 6.22. The van der Waals surface area contributed by atoms with Gasteiger partial charge < -0.3 is 15.0 Å². The summed E-state index contributed by atoms with van der Waals surface area (Å²) >= 11 is 0. The zero-order valence-electron chi connectivity index (χ0n) is 13.2. The van der Waals surface area contributed by atoms with E-state index in [1.165, 1.54) is 0 Å². The monoisotopic (exact) mass is 321 g/mol. The predicted octanol–water partition coefficient (Wildman–Crippen LogP) is 1.88. The van der Waals surface area contributed by atoms with Gasteiger partial charge in [-0.2, -0.15) is 5.10 Å². The summed E-state index contributed by atoms with van der Waals surface area (Å²) in [4.78, 5) is 13.0. The molecule has 0 spiro atoms. The summed E-state index contributed by atoms with van der Waals surface area (Å²) in [6.07, 6.45) is 8.70. The van der Waals surface area contributed by atoms with E-state index in [9.17, 15) is 0 Å². The van der Waals surface area contributed by atoms with E-state index in [1.54, 1.807) is 36.5 Å². The highest BCUT2D eigenvalue weighted by Crippen LogP contribution is 2.30. The van der Waals surface area contributed by atoms with Crippen molar-refractivity contribution in [2.75, 3.05) is 12.8 Å². The molecule has 4 rings (SSSR count). The van der Waals surface area contributed by atoms with E-state index in [2.05, 4.69) is 20.1 Å². The molecule has 2 N–H and O–H groups in total. The van der Waals surface area contributed by atoms with Crippen LogP contribution in [0.2, 0.25) is 0 Å². The summed E-state index contributed by atoms with van der Waals surface area (Å²) in [5.74, 6) is 0.479. The molecule has 0 bridgehead atoms. The zero-order chi connectivity index (χ0) is 16.7. The van der Waals surface area contributed by atoms with Crippen molar-refractivity contribution in [1.29, 1.82) is 0 Å². The van der Waals surface area contributed by atoms with E-state index in [0.717, 1.165) is 11.4 Å². The number of pyridine rings is 1. The van der Waals surface area contributed by atoms with Gasteiger partial charge in [0.15, 0.2) is 5.65 Å². The highest BCUT2D eigenvalue weighted by atomic mass is 16.5. The van der Waals surface area contributed by atoms with Gasteiger partial charge in [-0.3, -0.25) is 0 Å². The lowest BCUT2D eigenvalue weighted by Crippen LogP contribution is -2.02. The second-order valence-corrected chi connectivity index (χ2v) is 5.31. The van der Waals surface area contributed by atoms with Crippen molar-refractivity contribution in [3.05, 3.63) is 48.9 Å². The van der Waals surface area contributed by atoms with Crippen molar-refractivity contribution in [2.45, 2.75) is 6.92 Å². The molecule has 4 heterocycles. The minimum absolute atomic E-state index is 0.479. The molecule has 8 heteroatoms. The van der Waals surface area contributed by atoms with Gasteiger partial charge in [0, 0.05) is 24.2 Å². The fourth-order valence-electron chi connectivity index (χ4n) is 2.58. The standard InChI is InChI=1S/C16H15N7O/c1-10-8-22(9-19-10)13-4-3-12(21-16(13)24-2)11-7-20-23-6-5-18-15(23)14(11)17/h3-9H,17H2,1-2H3. The van der Waals surface area contributed by atoms with Crippen LogP contribution in [0.15, 0.2) is 43.2 Å². The molecule has 120 valence electrons. The van der Waals surface area contributed by atoms with Gasteiger partial charge in [-0.25, -0.2) is 19.5 Å². The number of nitrogens with two attached hydrogens (primary N) is 1. The Labute approximate surface area is 137 Å². The molecule has 4 aromatic rings. The fraction of sp³-hybridized carbons (Fsp3) is 0.125. The minimum Gasteiger partial charge on any atom is -0.479 e. The third-order valence-electron chi connectivity index (χ3n) is 3.76. The maximum absolute atomic E-state index is 6.22. The largest absolute Gasteiger partial charge is 0.479 e. The lowest BCUT2D eigenvalue weighted by Gasteiger charge is -2.11. The summed E-state index contributed by atoms with van der Waals surface area (Å²) in [6.45, 7) is 1.93. The Morgan fingerprint density at radius 3 is 2.83 bits per heavy atom. The fourth-order valence-corrected chi connectivity index (χ4v) is 2.58. The van der Waals surface area contributed by atoms with Gasteiger partial charge in [0.05, 0.1) is 36.7 Å². The average Bonchev–Trinajstić information content (AvgIpc) is 3.24. The second-order valence-electron chi connectivity index (χ2n) is 5.31. The third-order valence-corrected chi connectivity index (χ3v) is 3.76. The smallest absolute Gasteiger partial charge is 0.238 e. The van der Waals surface area contributed by atoms with Crippen LogP contribution in [-0.4, -0.2) is 36.2 Å². The van der Waals surface area contributed by atoms with Crippen molar-refractivity contribution in [2.24, 2.45) is 0 Å². The van der Waals surface area contributed by atoms with Crippen LogP contribution < -0.4 is 10.5 Å². The van der Waals surface area contributed by atoms with E-state index in [0.29, 0.717) is 28.5 Å². The summed E-state index contributed by atoms with van der Waals surface area (Å²) < 4.78 is 8.93. The Morgan fingerprint density at radius 2 is 2.08 bits per heavy atom. The minimum atomic E-state index is 0.479. The highest BCUT2D eigenvalue weighted by Gasteiger charge is 2.14. The molecule has 0 aliphatic carbocycles. The van der Waals surface area contributed by atoms with Crippen LogP contribution in [0.4, 0.5) is 5.69 Å². The number of nitrogens with zero attached hydrogens (tertiary/aromatic N) is 6. The first kappa shape index (κ1) is 14.2. The van der Waals surface area contributed by atoms with Gasteiger partial charge in [-0.15, -0.1) is 0 Å². The topological polar surface area (TPSA) is 96.1 Å². The van der Waals surface area contributed by atoms with E-state index in [4.69, 9.17) is 10.5 Å². The lowest BCUT2D eigenvalue weighted by molar-refractivity contribution is 0.396. The van der Waals surface area contributed by atoms with Crippen molar-refractivity contribution in [3.8, 4) is 22.8 Å². The third kappa shape index (κ3) is 2.16. The van der Waals surface area contributed by atoms with Crippen LogP contribution in [0.1, 0.15) is 5.69 Å². The Morgan fingerprint density at radius 1 is 1.21 bits per heavy atom. The Kier molecular flexibility index (Phi) is 3.16. The number of imidazole rings is 2. The molecule has 0 aliphatic rings. The SMILES string of the molecule is COc1nc(-c2cnn3ccnc3c2N)ccc1-n1cnc(C)c1. The Hall–Kier alpha value is -3.42. The van der Waals surface area contributed by atoms with Crippen LogP contribution in [0.5, 0.6) is 5.88 Å². The molecule has 24 heavy (non-hydrogen) atoms. The van der Waals surface area contributed by atoms with E-state index < -0.39 is 0 Å². The van der Waals surface area contributed by atoms with E-state index in [-0.39, 0.29) is 0 Å². The lowest BCUT2D eigenvalue weighted by atomic mass is 10.1. The van der Waals surface area contributed by atoms with Crippen LogP contribution in [0, 0.1) is 6.92 Å². The molecule has 0 saturated carbocycles. The number of ether oxygens (including phenoxy) is 1. The first-order valence-electron chi connectivity index (χ1n) is 7.31. The number of nitrogen functional groups attached to an aromatic ring is 1. The van der Waals surface area contributed by atoms with Gasteiger partial charge in [0.25, 0.3) is 0 Å². The van der Waals surface area contributed by atoms with Crippen LogP contribution in [0.3, 0.4) is 0 Å². The number of anilines is 1. The molecule has 0 atom stereocenters. The zero-order valence-corrected chi connectivity index (χ0v) is 13.2. The number of hydrogen-bond donors (Lipinski definition) is 1. The van der Waals surface area contributed by atoms with Gasteiger partial charge in [0.2, 0.25) is 5.88 Å². The molecule has 0 unspecified atom stereocenters. The molecule has 0 saturated heterocycles. The van der Waals surface area contributed by atoms with E-state index in [1.807, 2.05) is 29.8 Å². The molecule has 0 fully saturated rings. The van der Waals surface area contributed by atoms with E-state index >= 15 is 0 Å². The molecule has 0 radical (unpaired) electrons. The summed E-state index contributed by atoms with van der Waals surface area (Å²) in [7, 11) is 1.58. The Bertz CT molecular complexity index is 1030. The summed E-state index contributed by atoms with van der Waals surface area (Å²) in [6, 6.07) is 3.79. The van der Waals surface area contributed by atoms with Gasteiger partial charge >= 0.3 is 0 Å². The second kappa shape index (κ2) is 5.34. The van der Waals surface area contributed by atoms with Gasteiger partial charge in [0.1, 0.15) is 5.69 Å². The normalized spacial score (nSPS) is 11.1. The molecular weight excluding hydrogens is 306 g/mol. The quantitative estimate of drug-likeness (QED) is 0.619. The number of aromatic nitrogens is 6. The average molecular weight is 321 g/mol. The first-order chi connectivity index (χ1) is 11.7. The first-order valence-corrected chi connectivity index (χ1v) is 7.31. The number of aryl methyl sites for hydroxylation is 1. The molecule has 0 aromatic carbocycles. The number of rotatable bonds is 3. The van der Waals surface area contributed by atoms with Crippen molar-refractivity contribution >= 4 is 11.3 Å². The predicted molar refractivity (Wildman–Crippen MR) is 89.0 cm³/mol. The van der Waals surface area contributed by atoms with Gasteiger partial charge in [-0.1, -0.05) is 0 Å². The van der Waals surface area contributed by atoms with Crippen molar-refractivity contribution in [1.82, 2.24) is 29.1 Å². The molecular formula is C16H15N7O. The highest BCUT2D eigenvalue weighted by molar-refractivity contribution is 5.83. The van der Waals surface area contributed by atoms with Gasteiger partial charge in [-0.05, 0) is 19.1 Å². The van der Waals surface area contributed by atoms with Crippen molar-refractivity contribution < 1.29 is 4.74 Å². The van der Waals surface area contributed by atoms with Crippen LogP contribution in [-0.2, 0) is 0 Å². The number of methoxy groups -OCH3 is 1. The molecule has 0 amide bonds. The molecule has 8 nitrogen and oxygen atoms in total. The maximum Gasteiger partial charge on any atom is 0.238 e. The summed E-state index contributed by atoms with van der Waals surface area (Å²) in [5.41, 5.74) is 10.4. The van der Waals surface area contributed by atoms with Crippen LogP contribution >= 0.6 is 0 Å². The summed E-state index contributed by atoms with van der Waals surface area (Å²) in [5, 5.41) is 4.30. The number of hydrogen-bond acceptors (Lipinski definition) is 6. The molecule has 0 aliphatic heterocycles. The number of fused-ring (bicyclic) bond motifs is 1. The van der Waals surface area contributed by atoms with Crippen molar-refractivity contribution in [3.63, 3.8) is 0 Å². The van der Waals surface area contributed by atoms with Crippen LogP contribution in [0.25, 0.3) is 22.6 Å². The molecule has 4 aromatic heterocycles.